The van der Waals surface area contributed by atoms with Gasteiger partial charge in [-0.1, -0.05) is 12.1 Å². The molecule has 0 spiro atoms. The molecule has 0 saturated heterocycles. The Morgan fingerprint density at radius 1 is 1.47 bits per heavy atom. The zero-order chi connectivity index (χ0) is 14.1. The van der Waals surface area contributed by atoms with E-state index in [1.165, 1.54) is 6.07 Å². The Balaban J connectivity index is 2.73. The minimum absolute atomic E-state index is 0.289. The predicted octanol–water partition coefficient (Wildman–Crippen LogP) is 1.56. The largest absolute Gasteiger partial charge is 0.392 e. The summed E-state index contributed by atoms with van der Waals surface area (Å²) < 4.78 is 13.2. The van der Waals surface area contributed by atoms with Gasteiger partial charge in [0.15, 0.2) is 5.96 Å². The summed E-state index contributed by atoms with van der Waals surface area (Å²) in [5.74, 6) is 0.282. The Labute approximate surface area is 113 Å². The molecule has 1 rings (SSSR count). The second-order valence-electron chi connectivity index (χ2n) is 3.95. The lowest BCUT2D eigenvalue weighted by molar-refractivity contribution is 0.275. The van der Waals surface area contributed by atoms with Crippen molar-refractivity contribution in [3.05, 3.63) is 47.8 Å². The van der Waals surface area contributed by atoms with Crippen LogP contribution in [0.25, 0.3) is 0 Å². The Morgan fingerprint density at radius 2 is 2.26 bits per heavy atom. The molecule has 0 aromatic heterocycles. The van der Waals surface area contributed by atoms with Crippen molar-refractivity contribution >= 4 is 5.96 Å². The number of rotatable bonds is 6. The SMILES string of the molecule is C=CCNC(=NCc1ccc(F)c(CO)c1)NCC. The van der Waals surface area contributed by atoms with Crippen molar-refractivity contribution in [3.8, 4) is 0 Å². The summed E-state index contributed by atoms with van der Waals surface area (Å²) in [4.78, 5) is 4.37. The lowest BCUT2D eigenvalue weighted by Crippen LogP contribution is -2.37. The predicted molar refractivity (Wildman–Crippen MR) is 75.3 cm³/mol. The molecule has 1 aromatic carbocycles. The molecular weight excluding hydrogens is 245 g/mol. The highest BCUT2D eigenvalue weighted by atomic mass is 19.1. The Hall–Kier alpha value is -1.88. The number of guanidine groups is 1. The molecule has 19 heavy (non-hydrogen) atoms. The summed E-state index contributed by atoms with van der Waals surface area (Å²) >= 11 is 0. The fourth-order valence-electron chi connectivity index (χ4n) is 1.53. The summed E-state index contributed by atoms with van der Waals surface area (Å²) in [6, 6.07) is 4.63. The number of aliphatic imine (C=N–C) groups is 1. The van der Waals surface area contributed by atoms with Gasteiger partial charge in [-0.3, -0.25) is 0 Å². The number of aliphatic hydroxyl groups is 1. The molecule has 0 aliphatic rings. The maximum Gasteiger partial charge on any atom is 0.191 e. The first kappa shape index (κ1) is 15.2. The lowest BCUT2D eigenvalue weighted by Gasteiger charge is -2.09. The van der Waals surface area contributed by atoms with E-state index in [-0.39, 0.29) is 12.2 Å². The smallest absolute Gasteiger partial charge is 0.191 e. The maximum atomic E-state index is 13.2. The van der Waals surface area contributed by atoms with Gasteiger partial charge in [-0.15, -0.1) is 6.58 Å². The van der Waals surface area contributed by atoms with Gasteiger partial charge in [0.05, 0.1) is 13.2 Å². The third kappa shape index (κ3) is 5.09. The van der Waals surface area contributed by atoms with Crippen molar-refractivity contribution in [1.82, 2.24) is 10.6 Å². The Morgan fingerprint density at radius 3 is 2.89 bits per heavy atom. The van der Waals surface area contributed by atoms with Gasteiger partial charge in [0.25, 0.3) is 0 Å². The molecular formula is C14H20FN3O. The van der Waals surface area contributed by atoms with E-state index in [1.807, 2.05) is 6.92 Å². The number of hydrogen-bond donors (Lipinski definition) is 3. The monoisotopic (exact) mass is 265 g/mol. The fourth-order valence-corrected chi connectivity index (χ4v) is 1.53. The normalized spacial score (nSPS) is 11.2. The van der Waals surface area contributed by atoms with E-state index >= 15 is 0 Å². The lowest BCUT2D eigenvalue weighted by atomic mass is 10.1. The molecule has 0 aliphatic carbocycles. The Kier molecular flexibility index (Phi) is 6.60. The molecule has 0 heterocycles. The minimum Gasteiger partial charge on any atom is -0.392 e. The van der Waals surface area contributed by atoms with Crippen molar-refractivity contribution in [3.63, 3.8) is 0 Å². The first-order valence-corrected chi connectivity index (χ1v) is 6.22. The van der Waals surface area contributed by atoms with Crippen LogP contribution >= 0.6 is 0 Å². The number of nitrogens with zero attached hydrogens (tertiary/aromatic N) is 1. The number of nitrogens with one attached hydrogen (secondary N) is 2. The van der Waals surface area contributed by atoms with Gasteiger partial charge in [0.1, 0.15) is 5.82 Å². The molecule has 104 valence electrons. The van der Waals surface area contributed by atoms with E-state index < -0.39 is 5.82 Å². The van der Waals surface area contributed by atoms with Gasteiger partial charge in [0, 0.05) is 18.7 Å². The average Bonchev–Trinajstić information content (AvgIpc) is 2.43. The van der Waals surface area contributed by atoms with Gasteiger partial charge in [-0.05, 0) is 24.6 Å². The van der Waals surface area contributed by atoms with Crippen molar-refractivity contribution < 1.29 is 9.50 Å². The van der Waals surface area contributed by atoms with Gasteiger partial charge >= 0.3 is 0 Å². The summed E-state index contributed by atoms with van der Waals surface area (Å²) in [6.07, 6.45) is 1.74. The van der Waals surface area contributed by atoms with Gasteiger partial charge in [-0.2, -0.15) is 0 Å². The van der Waals surface area contributed by atoms with Crippen molar-refractivity contribution in [1.29, 1.82) is 0 Å². The first-order valence-electron chi connectivity index (χ1n) is 6.22. The zero-order valence-corrected chi connectivity index (χ0v) is 11.1. The summed E-state index contributed by atoms with van der Waals surface area (Å²) in [5.41, 5.74) is 1.14. The quantitative estimate of drug-likeness (QED) is 0.415. The van der Waals surface area contributed by atoms with Gasteiger partial charge < -0.3 is 15.7 Å². The molecule has 0 unspecified atom stereocenters. The van der Waals surface area contributed by atoms with Crippen LogP contribution in [0, 0.1) is 5.82 Å². The molecule has 0 fully saturated rings. The summed E-state index contributed by atoms with van der Waals surface area (Å²) in [5, 5.41) is 15.2. The molecule has 0 atom stereocenters. The minimum atomic E-state index is -0.396. The van der Waals surface area contributed by atoms with Gasteiger partial charge in [-0.25, -0.2) is 9.38 Å². The fraction of sp³-hybridized carbons (Fsp3) is 0.357. The van der Waals surface area contributed by atoms with Crippen LogP contribution in [0.4, 0.5) is 4.39 Å². The average molecular weight is 265 g/mol. The van der Waals surface area contributed by atoms with E-state index in [0.29, 0.717) is 19.0 Å². The highest BCUT2D eigenvalue weighted by Crippen LogP contribution is 2.11. The van der Waals surface area contributed by atoms with Crippen LogP contribution in [0.1, 0.15) is 18.1 Å². The number of hydrogen-bond acceptors (Lipinski definition) is 2. The second kappa shape index (κ2) is 8.26. The number of benzene rings is 1. The topological polar surface area (TPSA) is 56.7 Å². The van der Waals surface area contributed by atoms with Crippen LogP contribution < -0.4 is 10.6 Å². The van der Waals surface area contributed by atoms with Crippen molar-refractivity contribution in [2.45, 2.75) is 20.1 Å². The van der Waals surface area contributed by atoms with Crippen LogP contribution in [0.2, 0.25) is 0 Å². The van der Waals surface area contributed by atoms with E-state index in [2.05, 4.69) is 22.2 Å². The van der Waals surface area contributed by atoms with E-state index in [9.17, 15) is 4.39 Å². The van der Waals surface area contributed by atoms with E-state index in [1.54, 1.807) is 18.2 Å². The van der Waals surface area contributed by atoms with E-state index in [4.69, 9.17) is 5.11 Å². The summed E-state index contributed by atoms with van der Waals surface area (Å²) in [6.45, 7) is 7.10. The molecule has 0 bridgehead atoms. The number of aliphatic hydroxyl groups excluding tert-OH is 1. The van der Waals surface area contributed by atoms with Gasteiger partial charge in [0.2, 0.25) is 0 Å². The third-order valence-electron chi connectivity index (χ3n) is 2.46. The van der Waals surface area contributed by atoms with Crippen LogP contribution in [-0.4, -0.2) is 24.2 Å². The molecule has 0 saturated carbocycles. The maximum absolute atomic E-state index is 13.2. The van der Waals surface area contributed by atoms with Crippen LogP contribution in [0.3, 0.4) is 0 Å². The highest BCUT2D eigenvalue weighted by Gasteiger charge is 2.02. The van der Waals surface area contributed by atoms with Crippen molar-refractivity contribution in [2.75, 3.05) is 13.1 Å². The van der Waals surface area contributed by atoms with E-state index in [0.717, 1.165) is 12.1 Å². The molecule has 1 aromatic rings. The van der Waals surface area contributed by atoms with Crippen LogP contribution in [0.5, 0.6) is 0 Å². The standard InChI is InChI=1S/C14H20FN3O/c1-3-7-17-14(16-4-2)18-9-11-5-6-13(15)12(8-11)10-19/h3,5-6,8,19H,1,4,7,9-10H2,2H3,(H2,16,17,18). The second-order valence-corrected chi connectivity index (χ2v) is 3.95. The summed E-state index contributed by atoms with van der Waals surface area (Å²) in [7, 11) is 0. The van der Waals surface area contributed by atoms with Crippen LogP contribution in [0.15, 0.2) is 35.8 Å². The first-order chi connectivity index (χ1) is 9.21. The third-order valence-corrected chi connectivity index (χ3v) is 2.46. The Bertz CT molecular complexity index is 446. The molecule has 0 aliphatic heterocycles. The molecule has 4 nitrogen and oxygen atoms in total. The molecule has 0 radical (unpaired) electrons. The van der Waals surface area contributed by atoms with Crippen molar-refractivity contribution in [2.24, 2.45) is 4.99 Å². The molecule has 5 heteroatoms. The van der Waals surface area contributed by atoms with Crippen LogP contribution in [-0.2, 0) is 13.2 Å². The molecule has 3 N–H and O–H groups in total. The number of halogens is 1. The molecule has 0 amide bonds. The highest BCUT2D eigenvalue weighted by molar-refractivity contribution is 5.79. The zero-order valence-electron chi connectivity index (χ0n) is 11.1.